The fourth-order valence-corrected chi connectivity index (χ4v) is 2.65. The molecule has 0 aliphatic rings. The molecule has 0 saturated heterocycles. The lowest BCUT2D eigenvalue weighted by Crippen LogP contribution is -2.34. The van der Waals surface area contributed by atoms with Gasteiger partial charge >= 0.3 is 5.04 Å². The van der Waals surface area contributed by atoms with E-state index in [2.05, 4.69) is 4.79 Å². The third-order valence-corrected chi connectivity index (χ3v) is 3.94. The van der Waals surface area contributed by atoms with Gasteiger partial charge in [-0.1, -0.05) is 39.0 Å². The van der Waals surface area contributed by atoms with Crippen LogP contribution in [0.15, 0.2) is 35.2 Å². The average Bonchev–Trinajstić information content (AvgIpc) is 2.29. The molecule has 0 aliphatic heterocycles. The zero-order valence-electron chi connectivity index (χ0n) is 10.4. The quantitative estimate of drug-likeness (QED) is 0.353. The maximum absolute atomic E-state index is 12.1. The molecule has 0 unspecified atom stereocenters. The molecule has 1 aromatic rings. The number of ketones is 1. The van der Waals surface area contributed by atoms with E-state index in [1.54, 1.807) is 26.8 Å². The van der Waals surface area contributed by atoms with Gasteiger partial charge in [-0.3, -0.25) is 4.79 Å². The van der Waals surface area contributed by atoms with Crippen LogP contribution in [0.2, 0.25) is 0 Å². The molecule has 0 spiro atoms. The van der Waals surface area contributed by atoms with Gasteiger partial charge < -0.3 is 5.53 Å². The molecule has 0 radical (unpaired) electrons. The maximum Gasteiger partial charge on any atom is 0.452 e. The molecule has 18 heavy (non-hydrogen) atoms. The van der Waals surface area contributed by atoms with E-state index >= 15 is 0 Å². The number of rotatable bonds is 2. The summed E-state index contributed by atoms with van der Waals surface area (Å²) in [5, 5.41) is -0.832. The van der Waals surface area contributed by atoms with E-state index in [0.29, 0.717) is 0 Å². The number of Topliss-reactive ketones (excluding diaryl/α,β-unsaturated/α-hetero) is 1. The predicted octanol–water partition coefficient (Wildman–Crippen LogP) is 1.70. The SMILES string of the molecule is CC(C)(C)C(=O)C(=[N+]=[N-])S(=O)(=O)c1ccccc1. The summed E-state index contributed by atoms with van der Waals surface area (Å²) in [7, 11) is -4.08. The highest BCUT2D eigenvalue weighted by Crippen LogP contribution is 2.20. The van der Waals surface area contributed by atoms with Gasteiger partial charge in [-0.05, 0) is 12.1 Å². The molecule has 0 amide bonds. The maximum atomic E-state index is 12.1. The van der Waals surface area contributed by atoms with E-state index in [1.165, 1.54) is 24.3 Å². The molecule has 0 saturated carbocycles. The van der Waals surface area contributed by atoms with Gasteiger partial charge in [-0.25, -0.2) is 8.42 Å². The van der Waals surface area contributed by atoms with Crippen molar-refractivity contribution >= 4 is 20.7 Å². The Kier molecular flexibility index (Phi) is 3.84. The minimum atomic E-state index is -4.08. The summed E-state index contributed by atoms with van der Waals surface area (Å²) in [5.41, 5.74) is 7.90. The second-order valence-electron chi connectivity index (χ2n) is 4.80. The van der Waals surface area contributed by atoms with Gasteiger partial charge in [0.1, 0.15) is 0 Å². The largest absolute Gasteiger partial charge is 0.452 e. The van der Waals surface area contributed by atoms with Crippen molar-refractivity contribution in [3.05, 3.63) is 35.9 Å². The normalized spacial score (nSPS) is 11.7. The second-order valence-corrected chi connectivity index (χ2v) is 6.67. The topological polar surface area (TPSA) is 87.6 Å². The van der Waals surface area contributed by atoms with Crippen molar-refractivity contribution < 1.29 is 18.0 Å². The zero-order chi connectivity index (χ0) is 14.0. The summed E-state index contributed by atoms with van der Waals surface area (Å²) in [5.74, 6) is -0.728. The van der Waals surface area contributed by atoms with Crippen LogP contribution in [0.1, 0.15) is 20.8 Å². The number of carbonyl (C=O) groups excluding carboxylic acids is 1. The van der Waals surface area contributed by atoms with Crippen LogP contribution in [0.4, 0.5) is 0 Å². The van der Waals surface area contributed by atoms with Crippen molar-refractivity contribution in [1.29, 1.82) is 0 Å². The third-order valence-electron chi connectivity index (χ3n) is 2.27. The summed E-state index contributed by atoms with van der Waals surface area (Å²) in [6.07, 6.45) is 0. The highest BCUT2D eigenvalue weighted by molar-refractivity contribution is 8.08. The number of nitrogens with zero attached hydrogens (tertiary/aromatic N) is 2. The second kappa shape index (κ2) is 4.84. The Morgan fingerprint density at radius 2 is 1.67 bits per heavy atom. The summed E-state index contributed by atoms with van der Waals surface area (Å²) < 4.78 is 24.3. The minimum Gasteiger partial charge on any atom is -0.360 e. The van der Waals surface area contributed by atoms with Gasteiger partial charge in [0.25, 0.3) is 15.6 Å². The summed E-state index contributed by atoms with van der Waals surface area (Å²) in [6, 6.07) is 7.40. The van der Waals surface area contributed by atoms with E-state index in [4.69, 9.17) is 5.53 Å². The summed E-state index contributed by atoms with van der Waals surface area (Å²) in [4.78, 5) is 14.6. The van der Waals surface area contributed by atoms with Gasteiger partial charge in [-0.2, -0.15) is 0 Å². The molecular formula is C12H14N2O3S. The van der Waals surface area contributed by atoms with Crippen molar-refractivity contribution in [3.63, 3.8) is 0 Å². The van der Waals surface area contributed by atoms with E-state index in [1.807, 2.05) is 0 Å². The van der Waals surface area contributed by atoms with Crippen molar-refractivity contribution in [3.8, 4) is 0 Å². The molecule has 0 fully saturated rings. The first-order valence-electron chi connectivity index (χ1n) is 5.28. The Morgan fingerprint density at radius 1 is 1.17 bits per heavy atom. The Hall–Kier alpha value is -1.78. The lowest BCUT2D eigenvalue weighted by molar-refractivity contribution is -0.123. The van der Waals surface area contributed by atoms with Crippen LogP contribution >= 0.6 is 0 Å². The van der Waals surface area contributed by atoms with Gasteiger partial charge in [0, 0.05) is 5.41 Å². The molecule has 0 N–H and O–H groups in total. The van der Waals surface area contributed by atoms with Gasteiger partial charge in [0.15, 0.2) is 0 Å². The van der Waals surface area contributed by atoms with Crippen LogP contribution < -0.4 is 0 Å². The summed E-state index contributed by atoms with van der Waals surface area (Å²) in [6.45, 7) is 4.67. The molecule has 0 aromatic heterocycles. The molecule has 0 bridgehead atoms. The Bertz CT molecular complexity index is 606. The fraction of sp³-hybridized carbons (Fsp3) is 0.333. The molecule has 96 valence electrons. The first-order chi connectivity index (χ1) is 8.21. The number of carbonyl (C=O) groups is 1. The van der Waals surface area contributed by atoms with Crippen LogP contribution in [0, 0.1) is 5.41 Å². The molecule has 1 rings (SSSR count). The van der Waals surface area contributed by atoms with Crippen molar-refractivity contribution in [2.45, 2.75) is 25.7 Å². The third kappa shape index (κ3) is 2.72. The predicted molar refractivity (Wildman–Crippen MR) is 66.7 cm³/mol. The fourth-order valence-electron chi connectivity index (χ4n) is 1.25. The van der Waals surface area contributed by atoms with Crippen molar-refractivity contribution in [2.24, 2.45) is 5.41 Å². The summed E-state index contributed by atoms with van der Waals surface area (Å²) >= 11 is 0. The standard InChI is InChI=1S/C12H14N2O3S/c1-12(2,3)10(15)11(14-13)18(16,17)9-7-5-4-6-8-9/h4-8H,1-3H3. The molecule has 1 aromatic carbocycles. The molecule has 6 heteroatoms. The van der Waals surface area contributed by atoms with Crippen LogP contribution in [0.5, 0.6) is 0 Å². The highest BCUT2D eigenvalue weighted by atomic mass is 32.2. The van der Waals surface area contributed by atoms with Gasteiger partial charge in [-0.15, -0.1) is 4.79 Å². The van der Waals surface area contributed by atoms with Crippen LogP contribution in [-0.2, 0) is 14.6 Å². The Morgan fingerprint density at radius 3 is 2.06 bits per heavy atom. The zero-order valence-corrected chi connectivity index (χ0v) is 11.2. The number of hydrogen-bond acceptors (Lipinski definition) is 3. The number of benzene rings is 1. The molecule has 0 heterocycles. The lowest BCUT2D eigenvalue weighted by atomic mass is 9.91. The number of hydrogen-bond donors (Lipinski definition) is 0. The smallest absolute Gasteiger partial charge is 0.360 e. The molecular weight excluding hydrogens is 252 g/mol. The molecule has 5 nitrogen and oxygen atoms in total. The van der Waals surface area contributed by atoms with E-state index in [-0.39, 0.29) is 4.90 Å². The van der Waals surface area contributed by atoms with Crippen LogP contribution in [0.25, 0.3) is 5.53 Å². The van der Waals surface area contributed by atoms with Crippen molar-refractivity contribution in [1.82, 2.24) is 0 Å². The van der Waals surface area contributed by atoms with E-state index in [0.717, 1.165) is 0 Å². The van der Waals surface area contributed by atoms with Crippen LogP contribution in [0.3, 0.4) is 0 Å². The first kappa shape index (κ1) is 14.3. The van der Waals surface area contributed by atoms with Gasteiger partial charge in [0.2, 0.25) is 0 Å². The monoisotopic (exact) mass is 266 g/mol. The van der Waals surface area contributed by atoms with Gasteiger partial charge in [0.05, 0.1) is 4.90 Å². The first-order valence-corrected chi connectivity index (χ1v) is 6.76. The minimum absolute atomic E-state index is 0.0737. The number of sulfone groups is 1. The lowest BCUT2D eigenvalue weighted by Gasteiger charge is -2.12. The van der Waals surface area contributed by atoms with E-state index in [9.17, 15) is 13.2 Å². The average molecular weight is 266 g/mol. The van der Waals surface area contributed by atoms with Crippen molar-refractivity contribution in [2.75, 3.05) is 0 Å². The molecule has 0 atom stereocenters. The Balaban J connectivity index is 3.37. The Labute approximate surface area is 106 Å². The highest BCUT2D eigenvalue weighted by Gasteiger charge is 2.42. The van der Waals surface area contributed by atoms with Crippen LogP contribution in [-0.4, -0.2) is 24.0 Å². The molecule has 0 aliphatic carbocycles. The van der Waals surface area contributed by atoms with E-state index < -0.39 is 26.1 Å².